The molecule has 1 saturated carbocycles. The Hall–Kier alpha value is -0.800. The van der Waals surface area contributed by atoms with E-state index in [1.807, 2.05) is 12.3 Å². The molecule has 1 fully saturated rings. The first kappa shape index (κ1) is 10.7. The fourth-order valence-electron chi connectivity index (χ4n) is 1.75. The summed E-state index contributed by atoms with van der Waals surface area (Å²) >= 11 is 5.87. The molecule has 2 rings (SSSR count). The molecular formula is C11H15ClN2O. The Morgan fingerprint density at radius 3 is 2.93 bits per heavy atom. The molecule has 0 radical (unpaired) electrons. The number of rotatable bonds is 4. The van der Waals surface area contributed by atoms with Crippen molar-refractivity contribution in [1.82, 2.24) is 9.88 Å². The van der Waals surface area contributed by atoms with Crippen LogP contribution in [0.2, 0.25) is 0 Å². The average Bonchev–Trinajstić information content (AvgIpc) is 2.18. The molecule has 0 atom stereocenters. The highest BCUT2D eigenvalue weighted by atomic mass is 35.5. The van der Waals surface area contributed by atoms with E-state index in [-0.39, 0.29) is 5.56 Å². The first-order valence-electron chi connectivity index (χ1n) is 5.28. The molecule has 0 bridgehead atoms. The van der Waals surface area contributed by atoms with Gasteiger partial charge in [0.05, 0.1) is 0 Å². The van der Waals surface area contributed by atoms with Crippen molar-refractivity contribution < 1.29 is 0 Å². The number of nitrogens with zero attached hydrogens (tertiary/aromatic N) is 1. The van der Waals surface area contributed by atoms with Crippen LogP contribution in [-0.2, 0) is 6.54 Å². The van der Waals surface area contributed by atoms with Gasteiger partial charge in [-0.05, 0) is 18.9 Å². The van der Waals surface area contributed by atoms with E-state index in [9.17, 15) is 4.79 Å². The molecule has 0 saturated heterocycles. The van der Waals surface area contributed by atoms with Crippen molar-refractivity contribution in [2.24, 2.45) is 0 Å². The van der Waals surface area contributed by atoms with Gasteiger partial charge in [-0.3, -0.25) is 4.79 Å². The summed E-state index contributed by atoms with van der Waals surface area (Å²) in [6, 6.07) is 5.76. The number of hydrogen-bond acceptors (Lipinski definition) is 2. The molecule has 1 N–H and O–H groups in total. The Morgan fingerprint density at radius 2 is 2.27 bits per heavy atom. The van der Waals surface area contributed by atoms with Crippen molar-refractivity contribution in [3.05, 3.63) is 34.7 Å². The smallest absolute Gasteiger partial charge is 0.250 e. The van der Waals surface area contributed by atoms with Gasteiger partial charge in [-0.25, -0.2) is 0 Å². The average molecular weight is 227 g/mol. The minimum absolute atomic E-state index is 0.0585. The number of pyridine rings is 1. The molecule has 1 aromatic rings. The standard InChI is InChI=1S/C11H15ClN2O/c12-9-7-10(8-9)13-4-6-14-5-2-1-3-11(14)15/h1-3,5,9-10,13H,4,6-8H2. The lowest BCUT2D eigenvalue weighted by Gasteiger charge is -2.31. The van der Waals surface area contributed by atoms with Crippen LogP contribution in [0.25, 0.3) is 0 Å². The van der Waals surface area contributed by atoms with E-state index in [1.54, 1.807) is 16.7 Å². The van der Waals surface area contributed by atoms with E-state index < -0.39 is 0 Å². The first-order valence-corrected chi connectivity index (χ1v) is 5.72. The van der Waals surface area contributed by atoms with Crippen LogP contribution in [0, 0.1) is 0 Å². The number of alkyl halides is 1. The van der Waals surface area contributed by atoms with Crippen LogP contribution in [0.5, 0.6) is 0 Å². The lowest BCUT2D eigenvalue weighted by atomic mass is 9.92. The third-order valence-electron chi connectivity index (χ3n) is 2.77. The highest BCUT2D eigenvalue weighted by molar-refractivity contribution is 6.21. The molecule has 0 aromatic carbocycles. The summed E-state index contributed by atoms with van der Waals surface area (Å²) in [5.41, 5.74) is 0.0585. The van der Waals surface area contributed by atoms with Gasteiger partial charge in [-0.1, -0.05) is 6.07 Å². The molecule has 0 unspecified atom stereocenters. The topological polar surface area (TPSA) is 34.0 Å². The zero-order valence-corrected chi connectivity index (χ0v) is 9.28. The van der Waals surface area contributed by atoms with Gasteiger partial charge >= 0.3 is 0 Å². The molecule has 3 nitrogen and oxygen atoms in total. The maximum Gasteiger partial charge on any atom is 0.250 e. The van der Waals surface area contributed by atoms with Crippen LogP contribution in [-0.4, -0.2) is 22.5 Å². The van der Waals surface area contributed by atoms with Gasteiger partial charge in [0.25, 0.3) is 5.56 Å². The van der Waals surface area contributed by atoms with Gasteiger partial charge in [-0.15, -0.1) is 11.6 Å². The molecule has 0 aliphatic heterocycles. The molecule has 1 aliphatic rings. The minimum atomic E-state index is 0.0585. The summed E-state index contributed by atoms with van der Waals surface area (Å²) in [5, 5.41) is 3.73. The highest BCUT2D eigenvalue weighted by Crippen LogP contribution is 2.24. The SMILES string of the molecule is O=c1ccccn1CCNC1CC(Cl)C1. The second kappa shape index (κ2) is 4.81. The van der Waals surface area contributed by atoms with E-state index in [4.69, 9.17) is 11.6 Å². The molecule has 1 aliphatic carbocycles. The number of hydrogen-bond donors (Lipinski definition) is 1. The minimum Gasteiger partial charge on any atom is -0.314 e. The van der Waals surface area contributed by atoms with Crippen molar-refractivity contribution in [3.63, 3.8) is 0 Å². The Morgan fingerprint density at radius 1 is 1.47 bits per heavy atom. The van der Waals surface area contributed by atoms with Crippen molar-refractivity contribution >= 4 is 11.6 Å². The highest BCUT2D eigenvalue weighted by Gasteiger charge is 2.26. The Bertz CT molecular complexity index is 371. The lowest BCUT2D eigenvalue weighted by molar-refractivity contribution is 0.341. The van der Waals surface area contributed by atoms with Crippen LogP contribution < -0.4 is 10.9 Å². The lowest BCUT2D eigenvalue weighted by Crippen LogP contribution is -2.43. The van der Waals surface area contributed by atoms with Crippen LogP contribution in [0.1, 0.15) is 12.8 Å². The van der Waals surface area contributed by atoms with Crippen LogP contribution in [0.4, 0.5) is 0 Å². The third kappa shape index (κ3) is 2.83. The zero-order chi connectivity index (χ0) is 10.7. The van der Waals surface area contributed by atoms with Crippen molar-refractivity contribution in [1.29, 1.82) is 0 Å². The van der Waals surface area contributed by atoms with Gasteiger partial charge in [-0.2, -0.15) is 0 Å². The van der Waals surface area contributed by atoms with E-state index in [1.165, 1.54) is 0 Å². The number of nitrogens with one attached hydrogen (secondary N) is 1. The molecule has 1 heterocycles. The summed E-state index contributed by atoms with van der Waals surface area (Å²) in [6.07, 6.45) is 3.91. The molecule has 1 aromatic heterocycles. The fourth-order valence-corrected chi connectivity index (χ4v) is 2.18. The molecule has 15 heavy (non-hydrogen) atoms. The zero-order valence-electron chi connectivity index (χ0n) is 8.53. The predicted molar refractivity (Wildman–Crippen MR) is 61.4 cm³/mol. The van der Waals surface area contributed by atoms with Crippen LogP contribution >= 0.6 is 11.6 Å². The van der Waals surface area contributed by atoms with Crippen molar-refractivity contribution in [2.45, 2.75) is 30.8 Å². The maximum absolute atomic E-state index is 11.3. The quantitative estimate of drug-likeness (QED) is 0.784. The number of halogens is 1. The maximum atomic E-state index is 11.3. The van der Waals surface area contributed by atoms with Gasteiger partial charge in [0, 0.05) is 36.8 Å². The van der Waals surface area contributed by atoms with Crippen LogP contribution in [0.15, 0.2) is 29.2 Å². The van der Waals surface area contributed by atoms with Gasteiger partial charge in [0.1, 0.15) is 0 Å². The summed E-state index contributed by atoms with van der Waals surface area (Å²) in [6.45, 7) is 1.56. The van der Waals surface area contributed by atoms with E-state index >= 15 is 0 Å². The van der Waals surface area contributed by atoms with Gasteiger partial charge in [0.15, 0.2) is 0 Å². The van der Waals surface area contributed by atoms with Crippen molar-refractivity contribution in [3.8, 4) is 0 Å². The van der Waals surface area contributed by atoms with E-state index in [2.05, 4.69) is 5.32 Å². The molecular weight excluding hydrogens is 212 g/mol. The largest absolute Gasteiger partial charge is 0.314 e. The van der Waals surface area contributed by atoms with Crippen molar-refractivity contribution in [2.75, 3.05) is 6.54 Å². The molecule has 4 heteroatoms. The Kier molecular flexibility index (Phi) is 3.44. The Labute approximate surface area is 94.1 Å². The Balaban J connectivity index is 1.74. The third-order valence-corrected chi connectivity index (χ3v) is 3.12. The molecule has 0 amide bonds. The number of aromatic nitrogens is 1. The van der Waals surface area contributed by atoms with Gasteiger partial charge in [0.2, 0.25) is 0 Å². The monoisotopic (exact) mass is 226 g/mol. The van der Waals surface area contributed by atoms with E-state index in [0.29, 0.717) is 11.4 Å². The molecule has 0 spiro atoms. The summed E-state index contributed by atoms with van der Waals surface area (Å²) in [7, 11) is 0. The van der Waals surface area contributed by atoms with Crippen LogP contribution in [0.3, 0.4) is 0 Å². The summed E-state index contributed by atoms with van der Waals surface area (Å²) in [4.78, 5) is 11.3. The first-order chi connectivity index (χ1) is 7.25. The summed E-state index contributed by atoms with van der Waals surface area (Å²) < 4.78 is 1.71. The predicted octanol–water partition coefficient (Wildman–Crippen LogP) is 1.21. The fraction of sp³-hybridized carbons (Fsp3) is 0.545. The second-order valence-electron chi connectivity index (χ2n) is 3.95. The molecule has 82 valence electrons. The summed E-state index contributed by atoms with van der Waals surface area (Å²) in [5.74, 6) is 0. The van der Waals surface area contributed by atoms with E-state index in [0.717, 1.165) is 25.9 Å². The second-order valence-corrected chi connectivity index (χ2v) is 4.57. The normalized spacial score (nSPS) is 24.9. The van der Waals surface area contributed by atoms with Gasteiger partial charge < -0.3 is 9.88 Å².